The Bertz CT molecular complexity index is 142. The summed E-state index contributed by atoms with van der Waals surface area (Å²) in [6.45, 7) is 0. The minimum atomic E-state index is -1.24. The Hall–Kier alpha value is -0.160. The van der Waals surface area contributed by atoms with Crippen LogP contribution in [0.5, 0.6) is 0 Å². The van der Waals surface area contributed by atoms with Crippen LogP contribution in [0.4, 0.5) is 0 Å². The van der Waals surface area contributed by atoms with Gasteiger partial charge in [0.05, 0.1) is 0 Å². The van der Waals surface area contributed by atoms with E-state index >= 15 is 0 Å². The van der Waals surface area contributed by atoms with Gasteiger partial charge in [-0.15, -0.1) is 0 Å². The van der Waals surface area contributed by atoms with E-state index in [0.717, 1.165) is 3.30 Å². The van der Waals surface area contributed by atoms with Crippen LogP contribution in [0, 0.1) is 0 Å². The van der Waals surface area contributed by atoms with Crippen molar-refractivity contribution < 1.29 is 33.6 Å². The van der Waals surface area contributed by atoms with Crippen LogP contribution in [0.25, 0.3) is 0 Å². The summed E-state index contributed by atoms with van der Waals surface area (Å²) in [6, 6.07) is 0. The van der Waals surface area contributed by atoms with Gasteiger partial charge in [0, 0.05) is 0 Å². The summed E-state index contributed by atoms with van der Waals surface area (Å²) in [5.74, 6) is -0.465. The number of carbonyl (C=O) groups is 2. The van der Waals surface area contributed by atoms with Crippen LogP contribution in [0.2, 0.25) is 0 Å². The second kappa shape index (κ2) is 2.62. The Labute approximate surface area is 62.0 Å². The predicted molar refractivity (Wildman–Crippen MR) is 23.3 cm³/mol. The molecule has 0 aromatic rings. The summed E-state index contributed by atoms with van der Waals surface area (Å²) >= 11 is -1.24. The van der Waals surface area contributed by atoms with Crippen molar-refractivity contribution in [3.8, 4) is 0 Å². The molecule has 0 aromatic carbocycles. The molecule has 1 heterocycles. The molecule has 0 aromatic heterocycles. The molecule has 1 fully saturated rings. The van der Waals surface area contributed by atoms with E-state index in [1.807, 2.05) is 0 Å². The summed E-state index contributed by atoms with van der Waals surface area (Å²) in [4.78, 5) is 21.2. The second-order valence-electron chi connectivity index (χ2n) is 1.59. The molecule has 1 aliphatic heterocycles. The van der Waals surface area contributed by atoms with E-state index in [1.165, 1.54) is 0 Å². The molecule has 0 aliphatic carbocycles. The van der Waals surface area contributed by atoms with E-state index in [0.29, 0.717) is 0 Å². The van der Waals surface area contributed by atoms with Gasteiger partial charge in [0.15, 0.2) is 0 Å². The number of amides is 2. The van der Waals surface area contributed by atoms with Crippen LogP contribution in [0.3, 0.4) is 0 Å². The number of carbonyl (C=O) groups excluding carboxylic acids is 2. The van der Waals surface area contributed by atoms with Crippen LogP contribution in [-0.4, -0.2) is 18.7 Å². The van der Waals surface area contributed by atoms with Crippen molar-refractivity contribution >= 4 is 11.8 Å². The average Bonchev–Trinajstić information content (AvgIpc) is 2.12. The molecule has 55 valence electrons. The fraction of sp³-hybridized carbons (Fsp3) is 0.500. The fourth-order valence-corrected chi connectivity index (χ4v) is 1.57. The Morgan fingerprint density at radius 2 is 1.78 bits per heavy atom. The van der Waals surface area contributed by atoms with Crippen LogP contribution in [0.15, 0.2) is 0 Å². The van der Waals surface area contributed by atoms with Crippen molar-refractivity contribution in [3.05, 3.63) is 0 Å². The molecule has 2 amide bonds. The first-order valence-electron chi connectivity index (χ1n) is 2.33. The third kappa shape index (κ3) is 1.21. The maximum atomic E-state index is 10.6. The average molecular weight is 312 g/mol. The third-order valence-corrected chi connectivity index (χ3v) is 2.53. The minimum absolute atomic E-state index is 0.232. The van der Waals surface area contributed by atoms with Crippen molar-refractivity contribution in [2.75, 3.05) is 0 Å². The zero-order valence-corrected chi connectivity index (χ0v) is 6.59. The molecule has 9 heavy (non-hydrogen) atoms. The number of nitrogens with zero attached hydrogens (tertiary/aromatic N) is 1. The van der Waals surface area contributed by atoms with E-state index in [9.17, 15) is 9.59 Å². The van der Waals surface area contributed by atoms with E-state index < -0.39 is 20.4 Å². The van der Waals surface area contributed by atoms with Crippen molar-refractivity contribution in [2.24, 2.45) is 0 Å². The van der Waals surface area contributed by atoms with Gasteiger partial charge in [-0.2, -0.15) is 0 Å². The van der Waals surface area contributed by atoms with E-state index in [1.54, 1.807) is 0 Å². The van der Waals surface area contributed by atoms with Gasteiger partial charge in [-0.1, -0.05) is 0 Å². The number of imide groups is 1. The third-order valence-electron chi connectivity index (χ3n) is 1.01. The molecule has 1 rings (SSSR count). The molecule has 1 N–H and O–H groups in total. The van der Waals surface area contributed by atoms with Crippen molar-refractivity contribution in [2.45, 2.75) is 12.8 Å². The van der Waals surface area contributed by atoms with Gasteiger partial charge < -0.3 is 0 Å². The summed E-state index contributed by atoms with van der Waals surface area (Å²) in [5.41, 5.74) is 0. The van der Waals surface area contributed by atoms with Crippen LogP contribution in [0.1, 0.15) is 12.8 Å². The molecule has 4 nitrogen and oxygen atoms in total. The van der Waals surface area contributed by atoms with E-state index in [2.05, 4.69) is 0 Å². The summed E-state index contributed by atoms with van der Waals surface area (Å²) in [5, 5.41) is 0. The first-order chi connectivity index (χ1) is 4.25. The van der Waals surface area contributed by atoms with Gasteiger partial charge in [-0.25, -0.2) is 0 Å². The molecule has 0 radical (unpaired) electrons. The summed E-state index contributed by atoms with van der Waals surface area (Å²) < 4.78 is 9.43. The summed E-state index contributed by atoms with van der Waals surface area (Å²) in [7, 11) is 0. The first kappa shape index (κ1) is 6.95. The first-order valence-corrected chi connectivity index (χ1v) is 4.27. The van der Waals surface area contributed by atoms with Crippen LogP contribution < -0.4 is 0 Å². The molecular weight excluding hydrogens is 307 g/mol. The monoisotopic (exact) mass is 312 g/mol. The molecule has 0 atom stereocenters. The Kier molecular flexibility index (Phi) is 2.02. The zero-order chi connectivity index (χ0) is 6.85. The number of rotatable bonds is 1. The number of hydrogen-bond acceptors (Lipinski definition) is 3. The molecule has 0 saturated carbocycles. The van der Waals surface area contributed by atoms with Gasteiger partial charge in [-0.05, 0) is 0 Å². The molecule has 0 spiro atoms. The Morgan fingerprint density at radius 1 is 1.33 bits per heavy atom. The number of hydrogen-bond donors (Lipinski definition) is 1. The van der Waals surface area contributed by atoms with E-state index in [4.69, 9.17) is 3.61 Å². The van der Waals surface area contributed by atoms with Gasteiger partial charge in [0.1, 0.15) is 0 Å². The topological polar surface area (TPSA) is 57.6 Å². The molecule has 0 unspecified atom stereocenters. The molecule has 5 heteroatoms. The van der Waals surface area contributed by atoms with Crippen LogP contribution >= 0.6 is 0 Å². The van der Waals surface area contributed by atoms with Crippen molar-refractivity contribution in [1.82, 2.24) is 3.30 Å². The fourth-order valence-electron chi connectivity index (χ4n) is 0.599. The quantitative estimate of drug-likeness (QED) is 0.501. The van der Waals surface area contributed by atoms with E-state index in [-0.39, 0.29) is 24.7 Å². The van der Waals surface area contributed by atoms with Crippen molar-refractivity contribution in [1.29, 1.82) is 0 Å². The molecule has 1 saturated heterocycles. The zero-order valence-electron chi connectivity index (χ0n) is 4.43. The van der Waals surface area contributed by atoms with Crippen LogP contribution in [-0.2, 0) is 30.0 Å². The molecule has 1 aliphatic rings. The maximum absolute atomic E-state index is 10.6. The Balaban J connectivity index is 2.66. The van der Waals surface area contributed by atoms with Gasteiger partial charge >= 0.3 is 61.6 Å². The predicted octanol–water partition coefficient (Wildman–Crippen LogP) is -0.960. The van der Waals surface area contributed by atoms with Crippen molar-refractivity contribution in [3.63, 3.8) is 0 Å². The Morgan fingerprint density at radius 3 is 2.00 bits per heavy atom. The van der Waals surface area contributed by atoms with Gasteiger partial charge in [0.2, 0.25) is 0 Å². The van der Waals surface area contributed by atoms with Gasteiger partial charge in [0.25, 0.3) is 0 Å². The summed E-state index contributed by atoms with van der Waals surface area (Å²) in [6.07, 6.45) is 0.547. The van der Waals surface area contributed by atoms with Gasteiger partial charge in [-0.3, -0.25) is 0 Å². The molecule has 0 bridgehead atoms. The normalized spacial score (nSPS) is 19.9. The second-order valence-corrected chi connectivity index (χ2v) is 3.00. The standard InChI is InChI=1S/C4H5NO2.Au.H2O/c6-3-1-2-4(7)5-3;;/h1-2H2,(H,5,6,7);;1H2/q;+2;/p-2. The SMILES string of the molecule is O=C1CCC(=O)[N]1[Au][OH]. The molecular formula is C4H5AuNO3.